The van der Waals surface area contributed by atoms with E-state index in [4.69, 9.17) is 0 Å². The van der Waals surface area contributed by atoms with Gasteiger partial charge >= 0.3 is 0 Å². The molecule has 0 spiro atoms. The number of hydrogen-bond donors (Lipinski definition) is 0. The smallest absolute Gasteiger partial charge is 0.166 e. The first-order valence-electron chi connectivity index (χ1n) is 15.2. The maximum Gasteiger partial charge on any atom is 0.166 e. The summed E-state index contributed by atoms with van der Waals surface area (Å²) in [7, 11) is 0. The Bertz CT molecular complexity index is 1340. The first kappa shape index (κ1) is 28.5. The van der Waals surface area contributed by atoms with Gasteiger partial charge in [0.15, 0.2) is 11.6 Å². The molecule has 0 saturated heterocycles. The Morgan fingerprint density at radius 3 is 2.10 bits per heavy atom. The topological polar surface area (TPSA) is 0 Å². The average molecular weight is 543 g/mol. The molecular formula is C37H41F3. The molecule has 0 aliphatic heterocycles. The molecule has 3 aromatic carbocycles. The van der Waals surface area contributed by atoms with E-state index < -0.39 is 11.6 Å². The minimum absolute atomic E-state index is 0.204. The normalized spacial score (nSPS) is 21.2. The largest absolute Gasteiger partial charge is 0.206 e. The zero-order chi connectivity index (χ0) is 28.1. The van der Waals surface area contributed by atoms with Gasteiger partial charge in [-0.05, 0) is 109 Å². The zero-order valence-corrected chi connectivity index (χ0v) is 23.7. The fourth-order valence-corrected chi connectivity index (χ4v) is 6.75. The molecule has 40 heavy (non-hydrogen) atoms. The van der Waals surface area contributed by atoms with Crippen molar-refractivity contribution in [3.8, 4) is 22.3 Å². The number of rotatable bonds is 9. The van der Waals surface area contributed by atoms with Gasteiger partial charge in [-0.25, -0.2) is 13.2 Å². The van der Waals surface area contributed by atoms with E-state index in [0.717, 1.165) is 61.1 Å². The summed E-state index contributed by atoms with van der Waals surface area (Å²) in [5.41, 5.74) is 4.73. The highest BCUT2D eigenvalue weighted by Crippen LogP contribution is 2.42. The van der Waals surface area contributed by atoms with Crippen molar-refractivity contribution >= 4 is 5.57 Å². The maximum atomic E-state index is 15.3. The molecule has 1 unspecified atom stereocenters. The van der Waals surface area contributed by atoms with Crippen LogP contribution < -0.4 is 0 Å². The van der Waals surface area contributed by atoms with E-state index in [1.807, 2.05) is 24.3 Å². The van der Waals surface area contributed by atoms with Crippen molar-refractivity contribution in [3.63, 3.8) is 0 Å². The summed E-state index contributed by atoms with van der Waals surface area (Å²) in [5.74, 6) is 0.433. The van der Waals surface area contributed by atoms with Gasteiger partial charge in [0.05, 0.1) is 0 Å². The lowest BCUT2D eigenvalue weighted by Crippen LogP contribution is -2.22. The van der Waals surface area contributed by atoms with Crippen LogP contribution >= 0.6 is 0 Å². The molecule has 5 rings (SSSR count). The van der Waals surface area contributed by atoms with Gasteiger partial charge in [-0.2, -0.15) is 0 Å². The maximum absolute atomic E-state index is 15.3. The summed E-state index contributed by atoms with van der Waals surface area (Å²) in [6.45, 7) is 6.05. The van der Waals surface area contributed by atoms with Crippen molar-refractivity contribution < 1.29 is 13.2 Å². The van der Waals surface area contributed by atoms with Crippen LogP contribution in [0.1, 0.15) is 82.3 Å². The predicted octanol–water partition coefficient (Wildman–Crippen LogP) is 11.3. The molecule has 2 aliphatic carbocycles. The molecule has 210 valence electrons. The van der Waals surface area contributed by atoms with E-state index in [-0.39, 0.29) is 11.4 Å². The highest BCUT2D eigenvalue weighted by atomic mass is 19.2. The van der Waals surface area contributed by atoms with Crippen molar-refractivity contribution in [1.29, 1.82) is 0 Å². The third-order valence-corrected chi connectivity index (χ3v) is 9.32. The van der Waals surface area contributed by atoms with Gasteiger partial charge in [0.2, 0.25) is 0 Å². The van der Waals surface area contributed by atoms with Crippen LogP contribution in [0.5, 0.6) is 0 Å². The molecule has 3 heteroatoms. The van der Waals surface area contributed by atoms with Crippen LogP contribution in [-0.2, 0) is 6.42 Å². The molecule has 0 bridgehead atoms. The van der Waals surface area contributed by atoms with Gasteiger partial charge in [0.1, 0.15) is 5.82 Å². The first-order chi connectivity index (χ1) is 19.5. The minimum atomic E-state index is -0.801. The second kappa shape index (κ2) is 13.1. The summed E-state index contributed by atoms with van der Waals surface area (Å²) in [5, 5.41) is 0. The Balaban J connectivity index is 1.25. The number of benzene rings is 3. The Labute approximate surface area is 238 Å². The molecule has 0 nitrogen and oxygen atoms in total. The van der Waals surface area contributed by atoms with Crippen molar-refractivity contribution in [1.82, 2.24) is 0 Å². The number of allylic oxidation sites excluding steroid dienone is 3. The van der Waals surface area contributed by atoms with Gasteiger partial charge < -0.3 is 0 Å². The Morgan fingerprint density at radius 2 is 1.45 bits per heavy atom. The fourth-order valence-electron chi connectivity index (χ4n) is 6.75. The van der Waals surface area contributed by atoms with Crippen molar-refractivity contribution in [2.24, 2.45) is 17.8 Å². The molecule has 0 radical (unpaired) electrons. The molecular weight excluding hydrogens is 501 g/mol. The van der Waals surface area contributed by atoms with Gasteiger partial charge in [-0.1, -0.05) is 80.4 Å². The summed E-state index contributed by atoms with van der Waals surface area (Å²) in [4.78, 5) is 0. The third-order valence-electron chi connectivity index (χ3n) is 9.32. The molecule has 0 aromatic heterocycles. The zero-order valence-electron chi connectivity index (χ0n) is 23.7. The highest BCUT2D eigenvalue weighted by molar-refractivity contribution is 5.74. The molecule has 0 amide bonds. The standard InChI is InChI=1S/C37H41F3/c1-3-5-6-7-31-20-23-34(37(40)36(31)39)30-18-14-28(15-19-30)32-21-22-33(35(38)24-32)29-16-12-27(13-17-29)26-10-8-25(4-2)9-11-26/h4,14-16,18-27H,2-3,5-13,17H2,1H3. The van der Waals surface area contributed by atoms with Crippen LogP contribution in [0.4, 0.5) is 13.2 Å². The number of halogens is 3. The molecule has 0 N–H and O–H groups in total. The van der Waals surface area contributed by atoms with Gasteiger partial charge in [-0.15, -0.1) is 6.58 Å². The number of hydrogen-bond acceptors (Lipinski definition) is 0. The lowest BCUT2D eigenvalue weighted by molar-refractivity contribution is 0.212. The Morgan fingerprint density at radius 1 is 0.750 bits per heavy atom. The molecule has 3 aromatic rings. The second-order valence-electron chi connectivity index (χ2n) is 11.8. The predicted molar refractivity (Wildman–Crippen MR) is 161 cm³/mol. The lowest BCUT2D eigenvalue weighted by Gasteiger charge is -2.34. The summed E-state index contributed by atoms with van der Waals surface area (Å²) >= 11 is 0. The highest BCUT2D eigenvalue weighted by Gasteiger charge is 2.28. The Hall–Kier alpha value is -3.07. The van der Waals surface area contributed by atoms with Crippen molar-refractivity contribution in [2.75, 3.05) is 0 Å². The third kappa shape index (κ3) is 6.29. The summed E-state index contributed by atoms with van der Waals surface area (Å²) in [6, 6.07) is 16.1. The van der Waals surface area contributed by atoms with E-state index in [1.54, 1.807) is 30.3 Å². The second-order valence-corrected chi connectivity index (χ2v) is 11.8. The summed E-state index contributed by atoms with van der Waals surface area (Å²) < 4.78 is 44.9. The van der Waals surface area contributed by atoms with Crippen LogP contribution in [0.15, 0.2) is 73.3 Å². The fraction of sp³-hybridized carbons (Fsp3) is 0.405. The van der Waals surface area contributed by atoms with E-state index in [0.29, 0.717) is 34.9 Å². The van der Waals surface area contributed by atoms with E-state index in [9.17, 15) is 8.78 Å². The van der Waals surface area contributed by atoms with Crippen molar-refractivity contribution in [3.05, 3.63) is 102 Å². The molecule has 1 fully saturated rings. The van der Waals surface area contributed by atoms with Crippen LogP contribution in [0.25, 0.3) is 27.8 Å². The number of aryl methyl sites for hydroxylation is 1. The molecule has 1 saturated carbocycles. The quantitative estimate of drug-likeness (QED) is 0.186. The van der Waals surface area contributed by atoms with E-state index in [1.165, 1.54) is 25.7 Å². The van der Waals surface area contributed by atoms with E-state index >= 15 is 4.39 Å². The van der Waals surface area contributed by atoms with Gasteiger partial charge in [-0.3, -0.25) is 0 Å². The number of unbranched alkanes of at least 4 members (excludes halogenated alkanes) is 2. The van der Waals surface area contributed by atoms with Crippen LogP contribution in [0.2, 0.25) is 0 Å². The SMILES string of the molecule is C=CC1CCC(C2CC=C(c3ccc(-c4ccc(-c5ccc(CCCCC)c(F)c5F)cc4)cc3F)CC2)CC1. The minimum Gasteiger partial charge on any atom is -0.206 e. The average Bonchev–Trinajstić information content (AvgIpc) is 3.00. The van der Waals surface area contributed by atoms with Crippen LogP contribution in [0.3, 0.4) is 0 Å². The van der Waals surface area contributed by atoms with Crippen LogP contribution in [-0.4, -0.2) is 0 Å². The van der Waals surface area contributed by atoms with Gasteiger partial charge in [0, 0.05) is 11.1 Å². The Kier molecular flexibility index (Phi) is 9.29. The van der Waals surface area contributed by atoms with E-state index in [2.05, 4.69) is 25.7 Å². The first-order valence-corrected chi connectivity index (χ1v) is 15.2. The summed E-state index contributed by atoms with van der Waals surface area (Å²) in [6.07, 6.45) is 16.0. The molecule has 0 heterocycles. The lowest BCUT2D eigenvalue weighted by atomic mass is 9.71. The van der Waals surface area contributed by atoms with Gasteiger partial charge in [0.25, 0.3) is 0 Å². The van der Waals surface area contributed by atoms with Crippen molar-refractivity contribution in [2.45, 2.75) is 77.6 Å². The molecule has 2 aliphatic rings. The monoisotopic (exact) mass is 542 g/mol. The van der Waals surface area contributed by atoms with Crippen LogP contribution in [0, 0.1) is 35.2 Å². The molecule has 1 atom stereocenters.